The Balaban J connectivity index is 1.82. The Morgan fingerprint density at radius 2 is 1.75 bits per heavy atom. The molecule has 1 N–H and O–H groups in total. The van der Waals surface area contributed by atoms with Gasteiger partial charge in [0.05, 0.1) is 5.69 Å². The smallest absolute Gasteiger partial charge is 0.226 e. The zero-order valence-electron chi connectivity index (χ0n) is 17.1. The number of aryl methyl sites for hydroxylation is 2. The fraction of sp³-hybridized carbons (Fsp3) is 0.333. The Bertz CT molecular complexity index is 1010. The number of hydrogen-bond donors (Lipinski definition) is 1. The highest BCUT2D eigenvalue weighted by atomic mass is 16.5. The third-order valence-electron chi connectivity index (χ3n) is 4.54. The predicted molar refractivity (Wildman–Crippen MR) is 108 cm³/mol. The average Bonchev–Trinajstić information content (AvgIpc) is 2.90. The molecular weight excluding hydrogens is 354 g/mol. The maximum atomic E-state index is 11.8. The first-order chi connectivity index (χ1) is 13.2. The van der Waals surface area contributed by atoms with Gasteiger partial charge in [0, 0.05) is 23.4 Å². The summed E-state index contributed by atoms with van der Waals surface area (Å²) in [5.41, 5.74) is 3.86. The van der Waals surface area contributed by atoms with Crippen LogP contribution in [-0.2, 0) is 4.79 Å². The molecule has 146 valence electrons. The van der Waals surface area contributed by atoms with Crippen molar-refractivity contribution in [2.75, 3.05) is 5.32 Å². The van der Waals surface area contributed by atoms with Crippen molar-refractivity contribution in [1.29, 1.82) is 0 Å². The molecule has 0 aliphatic heterocycles. The molecule has 0 atom stereocenters. The van der Waals surface area contributed by atoms with Crippen molar-refractivity contribution in [2.24, 2.45) is 5.92 Å². The fourth-order valence-corrected chi connectivity index (χ4v) is 2.64. The second-order valence-electron chi connectivity index (χ2n) is 7.09. The summed E-state index contributed by atoms with van der Waals surface area (Å²) in [5.74, 6) is 2.22. The van der Waals surface area contributed by atoms with Crippen LogP contribution in [0.25, 0.3) is 5.82 Å². The van der Waals surface area contributed by atoms with E-state index >= 15 is 0 Å². The lowest BCUT2D eigenvalue weighted by Crippen LogP contribution is -2.17. The quantitative estimate of drug-likeness (QED) is 0.715. The summed E-state index contributed by atoms with van der Waals surface area (Å²) in [5, 5.41) is 7.41. The number of ether oxygens (including phenoxy) is 1. The van der Waals surface area contributed by atoms with Crippen molar-refractivity contribution >= 4 is 11.6 Å². The molecule has 2 heterocycles. The molecule has 3 rings (SSSR count). The van der Waals surface area contributed by atoms with E-state index in [-0.39, 0.29) is 11.8 Å². The first-order valence-electron chi connectivity index (χ1n) is 9.22. The van der Waals surface area contributed by atoms with Crippen LogP contribution in [0.1, 0.15) is 36.6 Å². The van der Waals surface area contributed by atoms with Gasteiger partial charge in [-0.1, -0.05) is 13.8 Å². The molecule has 1 aromatic carbocycles. The molecule has 1 amide bonds. The van der Waals surface area contributed by atoms with Crippen LogP contribution in [0.2, 0.25) is 0 Å². The van der Waals surface area contributed by atoms with Gasteiger partial charge in [-0.05, 0) is 57.5 Å². The van der Waals surface area contributed by atoms with Crippen LogP contribution < -0.4 is 10.1 Å². The lowest BCUT2D eigenvalue weighted by molar-refractivity contribution is -0.118. The summed E-state index contributed by atoms with van der Waals surface area (Å²) in [4.78, 5) is 20.6. The number of anilines is 1. The summed E-state index contributed by atoms with van der Waals surface area (Å²) in [6, 6.07) is 8.95. The monoisotopic (exact) mass is 379 g/mol. The molecule has 3 aromatic rings. The molecule has 7 nitrogen and oxygen atoms in total. The van der Waals surface area contributed by atoms with E-state index in [9.17, 15) is 4.79 Å². The highest BCUT2D eigenvalue weighted by molar-refractivity contribution is 5.92. The van der Waals surface area contributed by atoms with Crippen LogP contribution in [0.4, 0.5) is 5.69 Å². The van der Waals surface area contributed by atoms with E-state index in [1.54, 1.807) is 35.0 Å². The number of hydrogen-bond acceptors (Lipinski definition) is 5. The van der Waals surface area contributed by atoms with E-state index in [0.717, 1.165) is 22.6 Å². The molecule has 28 heavy (non-hydrogen) atoms. The lowest BCUT2D eigenvalue weighted by atomic mass is 10.2. The number of benzene rings is 1. The minimum Gasteiger partial charge on any atom is -0.439 e. The van der Waals surface area contributed by atoms with Gasteiger partial charge >= 0.3 is 0 Å². The van der Waals surface area contributed by atoms with Crippen molar-refractivity contribution in [3.05, 3.63) is 53.1 Å². The second kappa shape index (κ2) is 7.80. The predicted octanol–water partition coefficient (Wildman–Crippen LogP) is 4.28. The molecule has 0 aliphatic rings. The van der Waals surface area contributed by atoms with Gasteiger partial charge in [0.2, 0.25) is 11.8 Å². The van der Waals surface area contributed by atoms with E-state index in [2.05, 4.69) is 20.4 Å². The first kappa shape index (κ1) is 19.5. The summed E-state index contributed by atoms with van der Waals surface area (Å²) >= 11 is 0. The number of carbonyl (C=O) groups is 1. The zero-order valence-corrected chi connectivity index (χ0v) is 17.1. The molecular formula is C21H25N5O2. The third kappa shape index (κ3) is 4.19. The van der Waals surface area contributed by atoms with Gasteiger partial charge in [-0.3, -0.25) is 4.79 Å². The summed E-state index contributed by atoms with van der Waals surface area (Å²) in [6.45, 7) is 11.6. The lowest BCUT2D eigenvalue weighted by Gasteiger charge is -2.10. The average molecular weight is 379 g/mol. The molecule has 0 aliphatic carbocycles. The van der Waals surface area contributed by atoms with Crippen LogP contribution in [-0.4, -0.2) is 25.7 Å². The van der Waals surface area contributed by atoms with Gasteiger partial charge in [0.15, 0.2) is 5.82 Å². The number of amides is 1. The fourth-order valence-electron chi connectivity index (χ4n) is 2.64. The largest absolute Gasteiger partial charge is 0.439 e. The maximum absolute atomic E-state index is 11.8. The molecule has 0 radical (unpaired) electrons. The van der Waals surface area contributed by atoms with Crippen LogP contribution in [0, 0.1) is 33.6 Å². The minimum atomic E-state index is -0.0728. The standard InChI is InChI=1S/C21H25N5O2/c1-12(2)21(27)24-17-7-9-18(10-8-17)28-20-11-19(22-16(6)23-20)26-15(5)13(3)14(4)25-26/h7-12H,1-6H3,(H,24,27). The molecule has 0 saturated heterocycles. The Hall–Kier alpha value is -3.22. The van der Waals surface area contributed by atoms with Gasteiger partial charge in [-0.25, -0.2) is 9.67 Å². The van der Waals surface area contributed by atoms with Crippen LogP contribution in [0.15, 0.2) is 30.3 Å². The topological polar surface area (TPSA) is 81.9 Å². The molecule has 0 spiro atoms. The molecule has 0 fully saturated rings. The molecule has 0 bridgehead atoms. The molecule has 0 saturated carbocycles. The minimum absolute atomic E-state index is 0.0232. The molecule has 2 aromatic heterocycles. The van der Waals surface area contributed by atoms with E-state index in [1.807, 2.05) is 41.5 Å². The van der Waals surface area contributed by atoms with Crippen LogP contribution >= 0.6 is 0 Å². The van der Waals surface area contributed by atoms with Crippen LogP contribution in [0.5, 0.6) is 11.6 Å². The van der Waals surface area contributed by atoms with Crippen molar-refractivity contribution in [3.8, 4) is 17.4 Å². The Morgan fingerprint density at radius 1 is 1.07 bits per heavy atom. The summed E-state index contributed by atoms with van der Waals surface area (Å²) in [6.07, 6.45) is 0. The van der Waals surface area contributed by atoms with Gasteiger partial charge < -0.3 is 10.1 Å². The number of nitrogens with zero attached hydrogens (tertiary/aromatic N) is 4. The van der Waals surface area contributed by atoms with Gasteiger partial charge in [-0.15, -0.1) is 0 Å². The Labute approximate surface area is 164 Å². The molecule has 7 heteroatoms. The summed E-state index contributed by atoms with van der Waals surface area (Å²) < 4.78 is 7.70. The van der Waals surface area contributed by atoms with E-state index in [4.69, 9.17) is 4.74 Å². The highest BCUT2D eigenvalue weighted by Crippen LogP contribution is 2.24. The van der Waals surface area contributed by atoms with Crippen LogP contribution in [0.3, 0.4) is 0 Å². The zero-order chi connectivity index (χ0) is 20.4. The third-order valence-corrected chi connectivity index (χ3v) is 4.54. The van der Waals surface area contributed by atoms with Crippen molar-refractivity contribution in [3.63, 3.8) is 0 Å². The first-order valence-corrected chi connectivity index (χ1v) is 9.22. The van der Waals surface area contributed by atoms with Gasteiger partial charge in [0.1, 0.15) is 11.6 Å². The van der Waals surface area contributed by atoms with Crippen molar-refractivity contribution in [1.82, 2.24) is 19.7 Å². The van der Waals surface area contributed by atoms with E-state index in [1.165, 1.54) is 0 Å². The van der Waals surface area contributed by atoms with E-state index < -0.39 is 0 Å². The van der Waals surface area contributed by atoms with Gasteiger partial charge in [0.25, 0.3) is 0 Å². The van der Waals surface area contributed by atoms with Crippen molar-refractivity contribution < 1.29 is 9.53 Å². The number of aromatic nitrogens is 4. The maximum Gasteiger partial charge on any atom is 0.226 e. The number of carbonyl (C=O) groups excluding carboxylic acids is 1. The van der Waals surface area contributed by atoms with E-state index in [0.29, 0.717) is 23.3 Å². The van der Waals surface area contributed by atoms with Crippen molar-refractivity contribution in [2.45, 2.75) is 41.5 Å². The van der Waals surface area contributed by atoms with Gasteiger partial charge in [-0.2, -0.15) is 10.1 Å². The SMILES string of the molecule is Cc1nc(Oc2ccc(NC(=O)C(C)C)cc2)cc(-n2nc(C)c(C)c2C)n1. The Morgan fingerprint density at radius 3 is 2.32 bits per heavy atom. The number of rotatable bonds is 5. The normalized spacial score (nSPS) is 11.0. The molecule has 0 unspecified atom stereocenters. The second-order valence-corrected chi connectivity index (χ2v) is 7.09. The Kier molecular flexibility index (Phi) is 5.44. The summed E-state index contributed by atoms with van der Waals surface area (Å²) in [7, 11) is 0. The number of nitrogens with one attached hydrogen (secondary N) is 1. The highest BCUT2D eigenvalue weighted by Gasteiger charge is 2.13.